The molecule has 2 heterocycles. The molecule has 228 valence electrons. The molecule has 2 aliphatic heterocycles. The molecule has 6 rings (SSSR count). The van der Waals surface area contributed by atoms with Crippen LogP contribution in [-0.2, 0) is 17.6 Å². The SMILES string of the molecule is C=C(CC)C1=C(c2cc(Cc3ccccc3C#N)c(-c3cc(O)cc4ccccc34)c(F)c2CCC)C2(CCCNC2)C(=O)N1. The van der Waals surface area contributed by atoms with Gasteiger partial charge in [-0.1, -0.05) is 69.3 Å². The second-order valence-corrected chi connectivity index (χ2v) is 12.2. The number of nitrogens with zero attached hydrogens (tertiary/aromatic N) is 1. The van der Waals surface area contributed by atoms with Gasteiger partial charge in [-0.25, -0.2) is 4.39 Å². The zero-order valence-corrected chi connectivity index (χ0v) is 25.9. The Kier molecular flexibility index (Phi) is 8.31. The summed E-state index contributed by atoms with van der Waals surface area (Å²) in [5, 5.41) is 29.0. The van der Waals surface area contributed by atoms with Gasteiger partial charge in [-0.3, -0.25) is 4.79 Å². The highest BCUT2D eigenvalue weighted by Gasteiger charge is 2.50. The smallest absolute Gasteiger partial charge is 0.236 e. The number of carbonyl (C=O) groups is 1. The minimum Gasteiger partial charge on any atom is -0.508 e. The molecule has 0 radical (unpaired) electrons. The molecule has 1 fully saturated rings. The summed E-state index contributed by atoms with van der Waals surface area (Å²) in [5.74, 6) is -0.381. The minimum atomic E-state index is -0.846. The fraction of sp³-hybridized carbons (Fsp3) is 0.282. The van der Waals surface area contributed by atoms with Crippen LogP contribution >= 0.6 is 0 Å². The molecule has 2 aliphatic rings. The summed E-state index contributed by atoms with van der Waals surface area (Å²) >= 11 is 0. The lowest BCUT2D eigenvalue weighted by molar-refractivity contribution is -0.126. The Balaban J connectivity index is 1.72. The number of phenols is 1. The second-order valence-electron chi connectivity index (χ2n) is 12.2. The van der Waals surface area contributed by atoms with Crippen molar-refractivity contribution in [2.75, 3.05) is 13.1 Å². The molecule has 0 aliphatic carbocycles. The van der Waals surface area contributed by atoms with E-state index < -0.39 is 5.41 Å². The summed E-state index contributed by atoms with van der Waals surface area (Å²) in [4.78, 5) is 13.9. The highest BCUT2D eigenvalue weighted by Crippen LogP contribution is 2.51. The highest BCUT2D eigenvalue weighted by atomic mass is 19.1. The topological polar surface area (TPSA) is 85.2 Å². The van der Waals surface area contributed by atoms with Gasteiger partial charge in [0.15, 0.2) is 0 Å². The Morgan fingerprint density at radius 2 is 1.84 bits per heavy atom. The number of piperidine rings is 1. The number of rotatable bonds is 8. The number of nitrogens with one attached hydrogen (secondary N) is 2. The fourth-order valence-electron chi connectivity index (χ4n) is 7.18. The van der Waals surface area contributed by atoms with Crippen LogP contribution in [0.2, 0.25) is 0 Å². The number of halogens is 1. The maximum Gasteiger partial charge on any atom is 0.236 e. The van der Waals surface area contributed by atoms with Crippen molar-refractivity contribution in [2.45, 2.75) is 52.4 Å². The van der Waals surface area contributed by atoms with E-state index in [-0.39, 0.29) is 17.5 Å². The van der Waals surface area contributed by atoms with Crippen LogP contribution in [0.25, 0.3) is 27.5 Å². The number of phenolic OH excluding ortho intramolecular Hbond substituents is 1. The summed E-state index contributed by atoms with van der Waals surface area (Å²) in [6, 6.07) is 22.7. The van der Waals surface area contributed by atoms with Crippen LogP contribution in [0.1, 0.15) is 67.3 Å². The average Bonchev–Trinajstić information content (AvgIpc) is 3.32. The molecular formula is C39H38FN3O2. The van der Waals surface area contributed by atoms with Crippen LogP contribution in [0.4, 0.5) is 4.39 Å². The fourth-order valence-corrected chi connectivity index (χ4v) is 7.18. The van der Waals surface area contributed by atoms with E-state index in [2.05, 4.69) is 23.3 Å². The van der Waals surface area contributed by atoms with Gasteiger partial charge in [0.2, 0.25) is 5.91 Å². The zero-order valence-electron chi connectivity index (χ0n) is 25.9. The van der Waals surface area contributed by atoms with Crippen molar-refractivity contribution >= 4 is 22.3 Å². The molecule has 0 saturated carbocycles. The molecule has 5 nitrogen and oxygen atoms in total. The molecule has 1 unspecified atom stereocenters. The van der Waals surface area contributed by atoms with Gasteiger partial charge in [0.05, 0.1) is 17.0 Å². The molecule has 45 heavy (non-hydrogen) atoms. The first-order chi connectivity index (χ1) is 21.8. The van der Waals surface area contributed by atoms with Gasteiger partial charge in [-0.05, 0) is 107 Å². The molecule has 1 saturated heterocycles. The molecule has 1 spiro atoms. The summed E-state index contributed by atoms with van der Waals surface area (Å²) in [7, 11) is 0. The number of nitriles is 1. The van der Waals surface area contributed by atoms with Gasteiger partial charge in [0, 0.05) is 23.4 Å². The van der Waals surface area contributed by atoms with Crippen molar-refractivity contribution in [2.24, 2.45) is 5.41 Å². The summed E-state index contributed by atoms with van der Waals surface area (Å²) in [6.07, 6.45) is 3.58. The lowest BCUT2D eigenvalue weighted by Gasteiger charge is -2.35. The van der Waals surface area contributed by atoms with Crippen LogP contribution in [-0.4, -0.2) is 24.1 Å². The molecule has 4 aromatic rings. The van der Waals surface area contributed by atoms with Gasteiger partial charge in [-0.2, -0.15) is 5.26 Å². The first-order valence-corrected chi connectivity index (χ1v) is 15.8. The Morgan fingerprint density at radius 3 is 2.58 bits per heavy atom. The predicted molar refractivity (Wildman–Crippen MR) is 178 cm³/mol. The summed E-state index contributed by atoms with van der Waals surface area (Å²) < 4.78 is 17.6. The molecule has 1 amide bonds. The van der Waals surface area contributed by atoms with E-state index in [9.17, 15) is 15.2 Å². The minimum absolute atomic E-state index is 0.0506. The van der Waals surface area contributed by atoms with Crippen molar-refractivity contribution in [3.63, 3.8) is 0 Å². The Hall–Kier alpha value is -4.73. The zero-order chi connectivity index (χ0) is 31.7. The highest BCUT2D eigenvalue weighted by molar-refractivity contribution is 6.06. The number of amides is 1. The van der Waals surface area contributed by atoms with E-state index in [1.165, 1.54) is 0 Å². The quantitative estimate of drug-likeness (QED) is 0.192. The van der Waals surface area contributed by atoms with Crippen molar-refractivity contribution in [3.8, 4) is 22.9 Å². The van der Waals surface area contributed by atoms with Gasteiger partial charge in [0.25, 0.3) is 0 Å². The van der Waals surface area contributed by atoms with Crippen molar-refractivity contribution in [1.29, 1.82) is 5.26 Å². The van der Waals surface area contributed by atoms with E-state index in [0.717, 1.165) is 46.0 Å². The molecular weight excluding hydrogens is 561 g/mol. The van der Waals surface area contributed by atoms with Crippen LogP contribution in [0.15, 0.2) is 84.6 Å². The number of carbonyl (C=O) groups excluding carboxylic acids is 1. The molecule has 1 atom stereocenters. The van der Waals surface area contributed by atoms with Crippen LogP contribution in [0.3, 0.4) is 0 Å². The van der Waals surface area contributed by atoms with Crippen molar-refractivity contribution in [1.82, 2.24) is 10.6 Å². The third-order valence-corrected chi connectivity index (χ3v) is 9.42. The number of aromatic hydroxyl groups is 1. The number of allylic oxidation sites excluding steroid dienone is 1. The molecule has 3 N–H and O–H groups in total. The van der Waals surface area contributed by atoms with E-state index in [4.69, 9.17) is 0 Å². The van der Waals surface area contributed by atoms with Crippen LogP contribution in [0.5, 0.6) is 5.75 Å². The Bertz CT molecular complexity index is 1910. The Morgan fingerprint density at radius 1 is 1.07 bits per heavy atom. The van der Waals surface area contributed by atoms with E-state index >= 15 is 4.39 Å². The number of hydrogen-bond acceptors (Lipinski definition) is 4. The van der Waals surface area contributed by atoms with E-state index in [0.29, 0.717) is 72.2 Å². The Labute approximate surface area is 264 Å². The van der Waals surface area contributed by atoms with Gasteiger partial charge >= 0.3 is 0 Å². The maximum absolute atomic E-state index is 17.6. The van der Waals surface area contributed by atoms with Gasteiger partial charge in [0.1, 0.15) is 11.6 Å². The molecule has 6 heteroatoms. The predicted octanol–water partition coefficient (Wildman–Crippen LogP) is 7.94. The summed E-state index contributed by atoms with van der Waals surface area (Å²) in [5.41, 5.74) is 5.74. The number of benzene rings is 4. The largest absolute Gasteiger partial charge is 0.508 e. The first-order valence-electron chi connectivity index (χ1n) is 15.8. The third kappa shape index (κ3) is 5.22. The maximum atomic E-state index is 17.6. The second kappa shape index (κ2) is 12.3. The molecule has 0 aromatic heterocycles. The molecule has 4 aromatic carbocycles. The van der Waals surface area contributed by atoms with Crippen LogP contribution < -0.4 is 10.6 Å². The molecule has 0 bridgehead atoms. The van der Waals surface area contributed by atoms with E-state index in [1.807, 2.05) is 62.4 Å². The van der Waals surface area contributed by atoms with Crippen LogP contribution in [0, 0.1) is 22.6 Å². The lowest BCUT2D eigenvalue weighted by Crippen LogP contribution is -2.46. The van der Waals surface area contributed by atoms with Crippen molar-refractivity contribution < 1.29 is 14.3 Å². The normalized spacial score (nSPS) is 18.0. The average molecular weight is 600 g/mol. The number of fused-ring (bicyclic) bond motifs is 1. The van der Waals surface area contributed by atoms with Gasteiger partial charge in [-0.15, -0.1) is 0 Å². The monoisotopic (exact) mass is 599 g/mol. The first kappa shape index (κ1) is 30.3. The standard InChI is InChI=1S/C39H38FN3O2/c1-4-11-31-33(35-37(24(3)5-2)43-38(45)39(35)16-10-17-42-23-39)20-28(18-25-12-6-7-14-27(25)22-41)34(36(31)40)32-21-29(44)19-26-13-8-9-15-30(26)32/h6-9,12-15,19-21,42,44H,3-5,10-11,16-18,23H2,1-2H3,(H,43,45). The third-order valence-electron chi connectivity index (χ3n) is 9.42. The van der Waals surface area contributed by atoms with E-state index in [1.54, 1.807) is 18.2 Å². The lowest BCUT2D eigenvalue weighted by atomic mass is 9.70. The van der Waals surface area contributed by atoms with Gasteiger partial charge < -0.3 is 15.7 Å². The van der Waals surface area contributed by atoms with Crippen molar-refractivity contribution in [3.05, 3.63) is 118 Å². The summed E-state index contributed by atoms with van der Waals surface area (Å²) in [6.45, 7) is 9.64. The number of hydrogen-bond donors (Lipinski definition) is 3.